The first-order valence-corrected chi connectivity index (χ1v) is 7.53. The Kier molecular flexibility index (Phi) is 5.61. The van der Waals surface area contributed by atoms with E-state index in [9.17, 15) is 10.1 Å². The Morgan fingerprint density at radius 2 is 2.05 bits per heavy atom. The van der Waals surface area contributed by atoms with Crippen LogP contribution in [0.25, 0.3) is 6.08 Å². The Morgan fingerprint density at radius 1 is 1.36 bits per heavy atom. The first kappa shape index (κ1) is 16.1. The summed E-state index contributed by atoms with van der Waals surface area (Å²) in [5.41, 5.74) is 0.0855. The van der Waals surface area contributed by atoms with Crippen LogP contribution in [-0.4, -0.2) is 50.2 Å². The van der Waals surface area contributed by atoms with Crippen molar-refractivity contribution in [1.82, 2.24) is 4.90 Å². The predicted molar refractivity (Wildman–Crippen MR) is 83.3 cm³/mol. The fraction of sp³-hybridized carbons (Fsp3) is 0.500. The SMILES string of the molecule is CCN(CC)c1ccc(/C=C(/C#N)C(=O)N2CCOCC2)o1. The number of anilines is 1. The summed E-state index contributed by atoms with van der Waals surface area (Å²) in [5.74, 6) is 0.985. The summed E-state index contributed by atoms with van der Waals surface area (Å²) in [7, 11) is 0. The topological polar surface area (TPSA) is 69.7 Å². The zero-order valence-electron chi connectivity index (χ0n) is 13.0. The van der Waals surface area contributed by atoms with Gasteiger partial charge in [0.25, 0.3) is 5.91 Å². The number of hydrogen-bond acceptors (Lipinski definition) is 5. The van der Waals surface area contributed by atoms with Gasteiger partial charge in [0.2, 0.25) is 0 Å². The second-order valence-corrected chi connectivity index (χ2v) is 4.92. The summed E-state index contributed by atoms with van der Waals surface area (Å²) >= 11 is 0. The van der Waals surface area contributed by atoms with Gasteiger partial charge in [0.05, 0.1) is 13.2 Å². The number of nitriles is 1. The lowest BCUT2D eigenvalue weighted by Crippen LogP contribution is -2.41. The van der Waals surface area contributed by atoms with E-state index in [1.807, 2.05) is 26.0 Å². The molecule has 0 aromatic carbocycles. The van der Waals surface area contributed by atoms with Crippen LogP contribution < -0.4 is 4.90 Å². The number of carbonyl (C=O) groups is 1. The molecule has 1 saturated heterocycles. The average Bonchev–Trinajstić information content (AvgIpc) is 3.02. The van der Waals surface area contributed by atoms with Crippen LogP contribution in [0, 0.1) is 11.3 Å². The molecule has 1 aromatic heterocycles. The minimum absolute atomic E-state index is 0.0855. The second kappa shape index (κ2) is 7.66. The number of ether oxygens (including phenoxy) is 1. The number of rotatable bonds is 5. The molecule has 1 aromatic rings. The van der Waals surface area contributed by atoms with E-state index in [2.05, 4.69) is 4.90 Å². The predicted octanol–water partition coefficient (Wildman–Crippen LogP) is 1.89. The summed E-state index contributed by atoms with van der Waals surface area (Å²) in [6.07, 6.45) is 1.50. The first-order valence-electron chi connectivity index (χ1n) is 7.53. The van der Waals surface area contributed by atoms with Crippen LogP contribution in [0.4, 0.5) is 5.88 Å². The van der Waals surface area contributed by atoms with Crippen LogP contribution in [-0.2, 0) is 9.53 Å². The Balaban J connectivity index is 2.15. The van der Waals surface area contributed by atoms with Crippen molar-refractivity contribution in [3.05, 3.63) is 23.5 Å². The van der Waals surface area contributed by atoms with Gasteiger partial charge in [-0.25, -0.2) is 0 Å². The normalized spacial score (nSPS) is 15.5. The third kappa shape index (κ3) is 3.68. The number of amides is 1. The monoisotopic (exact) mass is 303 g/mol. The fourth-order valence-corrected chi connectivity index (χ4v) is 2.35. The standard InChI is InChI=1S/C16H21N3O3/c1-3-18(4-2)15-6-5-14(22-15)11-13(12-17)16(20)19-7-9-21-10-8-19/h5-6,11H,3-4,7-10H2,1-2H3/b13-11-. The molecular formula is C16H21N3O3. The Bertz CT molecular complexity index is 576. The molecule has 22 heavy (non-hydrogen) atoms. The van der Waals surface area contributed by atoms with E-state index < -0.39 is 0 Å². The van der Waals surface area contributed by atoms with Gasteiger partial charge in [-0.1, -0.05) is 0 Å². The van der Waals surface area contributed by atoms with Gasteiger partial charge in [0, 0.05) is 38.3 Å². The van der Waals surface area contributed by atoms with Crippen LogP contribution in [0.3, 0.4) is 0 Å². The van der Waals surface area contributed by atoms with Crippen molar-refractivity contribution in [2.75, 3.05) is 44.3 Å². The lowest BCUT2D eigenvalue weighted by Gasteiger charge is -2.26. The van der Waals surface area contributed by atoms with Crippen molar-refractivity contribution < 1.29 is 13.9 Å². The van der Waals surface area contributed by atoms with Crippen LogP contribution in [0.5, 0.6) is 0 Å². The van der Waals surface area contributed by atoms with Crippen molar-refractivity contribution in [2.24, 2.45) is 0 Å². The Hall–Kier alpha value is -2.26. The maximum Gasteiger partial charge on any atom is 0.264 e. The minimum atomic E-state index is -0.272. The van der Waals surface area contributed by atoms with E-state index in [4.69, 9.17) is 9.15 Å². The van der Waals surface area contributed by atoms with E-state index >= 15 is 0 Å². The van der Waals surface area contributed by atoms with E-state index in [0.29, 0.717) is 32.1 Å². The lowest BCUT2D eigenvalue weighted by atomic mass is 10.2. The highest BCUT2D eigenvalue weighted by atomic mass is 16.5. The van der Waals surface area contributed by atoms with E-state index in [1.54, 1.807) is 11.0 Å². The second-order valence-electron chi connectivity index (χ2n) is 4.92. The van der Waals surface area contributed by atoms with Crippen molar-refractivity contribution in [1.29, 1.82) is 5.26 Å². The number of morpholine rings is 1. The number of carbonyl (C=O) groups excluding carboxylic acids is 1. The highest BCUT2D eigenvalue weighted by Crippen LogP contribution is 2.20. The summed E-state index contributed by atoms with van der Waals surface area (Å²) < 4.78 is 10.9. The molecule has 6 heteroatoms. The van der Waals surface area contributed by atoms with Crippen molar-refractivity contribution in [3.63, 3.8) is 0 Å². The molecule has 0 atom stereocenters. The molecule has 1 fully saturated rings. The van der Waals surface area contributed by atoms with Gasteiger partial charge in [0.15, 0.2) is 5.88 Å². The largest absolute Gasteiger partial charge is 0.441 e. The van der Waals surface area contributed by atoms with Gasteiger partial charge in [-0.2, -0.15) is 5.26 Å². The molecule has 1 aliphatic rings. The van der Waals surface area contributed by atoms with Gasteiger partial charge < -0.3 is 19.0 Å². The van der Waals surface area contributed by atoms with Crippen molar-refractivity contribution in [3.8, 4) is 6.07 Å². The van der Waals surface area contributed by atoms with Crippen molar-refractivity contribution in [2.45, 2.75) is 13.8 Å². The van der Waals surface area contributed by atoms with Crippen LogP contribution in [0.2, 0.25) is 0 Å². The average molecular weight is 303 g/mol. The number of nitrogens with zero attached hydrogens (tertiary/aromatic N) is 3. The fourth-order valence-electron chi connectivity index (χ4n) is 2.35. The molecule has 0 aliphatic carbocycles. The molecule has 0 N–H and O–H groups in total. The summed E-state index contributed by atoms with van der Waals surface area (Å²) in [6.45, 7) is 7.82. The molecule has 2 heterocycles. The molecule has 2 rings (SSSR count). The minimum Gasteiger partial charge on any atom is -0.441 e. The first-order chi connectivity index (χ1) is 10.7. The van der Waals surface area contributed by atoms with E-state index in [0.717, 1.165) is 19.0 Å². The number of furan rings is 1. The summed E-state index contributed by atoms with van der Waals surface area (Å²) in [5, 5.41) is 9.25. The molecule has 118 valence electrons. The molecule has 0 bridgehead atoms. The van der Waals surface area contributed by atoms with E-state index in [-0.39, 0.29) is 11.5 Å². The third-order valence-electron chi connectivity index (χ3n) is 3.62. The molecule has 0 spiro atoms. The highest BCUT2D eigenvalue weighted by Gasteiger charge is 2.21. The molecule has 0 saturated carbocycles. The quantitative estimate of drug-likeness (QED) is 0.613. The van der Waals surface area contributed by atoms with Crippen LogP contribution in [0.15, 0.2) is 22.1 Å². The Labute approximate surface area is 130 Å². The van der Waals surface area contributed by atoms with Gasteiger partial charge in [-0.05, 0) is 19.9 Å². The van der Waals surface area contributed by atoms with Crippen molar-refractivity contribution >= 4 is 17.9 Å². The van der Waals surface area contributed by atoms with E-state index in [1.165, 1.54) is 6.08 Å². The van der Waals surface area contributed by atoms with Gasteiger partial charge in [0.1, 0.15) is 17.4 Å². The van der Waals surface area contributed by atoms with Gasteiger partial charge in [-0.15, -0.1) is 0 Å². The smallest absolute Gasteiger partial charge is 0.264 e. The Morgan fingerprint density at radius 3 is 2.64 bits per heavy atom. The summed E-state index contributed by atoms with van der Waals surface area (Å²) in [4.78, 5) is 16.0. The third-order valence-corrected chi connectivity index (χ3v) is 3.62. The van der Waals surface area contributed by atoms with Crippen LogP contribution in [0.1, 0.15) is 19.6 Å². The van der Waals surface area contributed by atoms with Crippen LogP contribution >= 0.6 is 0 Å². The number of hydrogen-bond donors (Lipinski definition) is 0. The highest BCUT2D eigenvalue weighted by molar-refractivity contribution is 6.01. The van der Waals surface area contributed by atoms with Gasteiger partial charge >= 0.3 is 0 Å². The molecule has 6 nitrogen and oxygen atoms in total. The maximum absolute atomic E-state index is 12.3. The molecule has 0 radical (unpaired) electrons. The molecule has 0 unspecified atom stereocenters. The lowest BCUT2D eigenvalue weighted by molar-refractivity contribution is -0.130. The molecular weight excluding hydrogens is 282 g/mol. The zero-order chi connectivity index (χ0) is 15.9. The summed E-state index contributed by atoms with van der Waals surface area (Å²) in [6, 6.07) is 5.60. The molecule has 1 aliphatic heterocycles. The maximum atomic E-state index is 12.3. The molecule has 1 amide bonds. The zero-order valence-corrected chi connectivity index (χ0v) is 13.0. The van der Waals surface area contributed by atoms with Gasteiger partial charge in [-0.3, -0.25) is 4.79 Å².